The maximum atomic E-state index is 12.0. The van der Waals surface area contributed by atoms with Crippen LogP contribution in [0, 0.1) is 23.2 Å². The molecule has 5 atom stereocenters. The minimum absolute atomic E-state index is 0.00183. The highest BCUT2D eigenvalue weighted by Gasteiger charge is 2.55. The summed E-state index contributed by atoms with van der Waals surface area (Å²) in [5.74, 6) is 1.71. The predicted octanol–water partition coefficient (Wildman–Crippen LogP) is 3.04. The fraction of sp³-hybridized carbons (Fsp3) is 0.857. The summed E-state index contributed by atoms with van der Waals surface area (Å²) < 4.78 is 0. The van der Waals surface area contributed by atoms with Crippen LogP contribution in [-0.2, 0) is 9.59 Å². The van der Waals surface area contributed by atoms with Crippen LogP contribution < -0.4 is 0 Å². The van der Waals surface area contributed by atoms with E-state index in [1.165, 1.54) is 0 Å². The van der Waals surface area contributed by atoms with Gasteiger partial charge in [-0.2, -0.15) is 0 Å². The van der Waals surface area contributed by atoms with Gasteiger partial charge in [-0.1, -0.05) is 12.0 Å². The number of ketones is 2. The van der Waals surface area contributed by atoms with E-state index in [-0.39, 0.29) is 11.2 Å². The van der Waals surface area contributed by atoms with Crippen LogP contribution in [-0.4, -0.2) is 17.6 Å². The number of Topliss-reactive ketones (excluding diaryl/α,β-unsaturated/α-hetero) is 2. The lowest BCUT2D eigenvalue weighted by Crippen LogP contribution is -2.49. The molecule has 0 amide bonds. The molecule has 3 rings (SSSR count). The smallest absolute Gasteiger partial charge is 0.142 e. The molecule has 0 saturated heterocycles. The van der Waals surface area contributed by atoms with Crippen LogP contribution in [0.5, 0.6) is 0 Å². The first-order valence-electron chi connectivity index (χ1n) is 7.13. The second-order valence-corrected chi connectivity index (χ2v) is 6.69. The van der Waals surface area contributed by atoms with Crippen LogP contribution in [0.4, 0.5) is 0 Å². The predicted molar refractivity (Wildman–Crippen MR) is 69.2 cm³/mol. The Morgan fingerprint density at radius 3 is 2.79 bits per heavy atom. The second-order valence-electron chi connectivity index (χ2n) is 6.69. The molecule has 0 aromatic rings. The van der Waals surface area contributed by atoms with Crippen molar-refractivity contribution in [3.63, 3.8) is 0 Å². The van der Waals surface area contributed by atoms with Crippen molar-refractivity contribution in [3.8, 4) is 0 Å². The lowest BCUT2D eigenvalue weighted by atomic mass is 9.52. The summed E-state index contributed by atoms with van der Waals surface area (Å²) in [5, 5.41) is 3.68. The molecule has 3 aliphatic rings. The summed E-state index contributed by atoms with van der Waals surface area (Å²) in [6, 6.07) is -0.513. The molecule has 0 aromatic heterocycles. The highest BCUT2D eigenvalue weighted by Crippen LogP contribution is 2.59. The van der Waals surface area contributed by atoms with Crippen LogP contribution in [0.1, 0.15) is 45.4 Å². The minimum Gasteiger partial charge on any atom is -0.300 e. The molecule has 0 radical (unpaired) electrons. The molecular weight excluding hydrogens is 242 g/mol. The number of nitrogens with zero attached hydrogens (tertiary/aromatic N) is 3. The van der Waals surface area contributed by atoms with E-state index in [0.717, 1.165) is 12.8 Å². The zero-order chi connectivity index (χ0) is 13.6. The summed E-state index contributed by atoms with van der Waals surface area (Å²) in [7, 11) is 0. The van der Waals surface area contributed by atoms with Gasteiger partial charge in [-0.25, -0.2) is 0 Å². The molecule has 0 N–H and O–H groups in total. The molecule has 0 aromatic carbocycles. The van der Waals surface area contributed by atoms with Gasteiger partial charge in [0.2, 0.25) is 0 Å². The Balaban J connectivity index is 1.91. The van der Waals surface area contributed by atoms with Gasteiger partial charge in [0.25, 0.3) is 0 Å². The summed E-state index contributed by atoms with van der Waals surface area (Å²) in [5.41, 5.74) is 8.60. The average Bonchev–Trinajstić information content (AvgIpc) is 2.74. The van der Waals surface area contributed by atoms with Gasteiger partial charge in [0, 0.05) is 24.2 Å². The molecule has 3 saturated carbocycles. The zero-order valence-corrected chi connectivity index (χ0v) is 11.2. The highest BCUT2D eigenvalue weighted by molar-refractivity contribution is 5.86. The Morgan fingerprint density at radius 2 is 2.05 bits per heavy atom. The third kappa shape index (κ3) is 1.88. The Hall–Kier alpha value is -1.35. The number of rotatable bonds is 1. The van der Waals surface area contributed by atoms with Crippen molar-refractivity contribution in [3.05, 3.63) is 10.4 Å². The molecule has 102 valence electrons. The summed E-state index contributed by atoms with van der Waals surface area (Å²) in [6.07, 6.45) is 4.66. The van der Waals surface area contributed by atoms with Gasteiger partial charge in [-0.15, -0.1) is 0 Å². The van der Waals surface area contributed by atoms with Crippen molar-refractivity contribution >= 4 is 11.6 Å². The Morgan fingerprint density at radius 1 is 1.26 bits per heavy atom. The van der Waals surface area contributed by atoms with Gasteiger partial charge in [0.15, 0.2) is 0 Å². The van der Waals surface area contributed by atoms with Crippen molar-refractivity contribution in [2.75, 3.05) is 0 Å². The number of carbonyl (C=O) groups excluding carboxylic acids is 2. The summed E-state index contributed by atoms with van der Waals surface area (Å²) >= 11 is 0. The maximum absolute atomic E-state index is 12.0. The van der Waals surface area contributed by atoms with Crippen molar-refractivity contribution in [1.82, 2.24) is 0 Å². The molecule has 0 bridgehead atoms. The van der Waals surface area contributed by atoms with E-state index in [4.69, 9.17) is 5.53 Å². The molecule has 0 heterocycles. The van der Waals surface area contributed by atoms with E-state index in [0.29, 0.717) is 49.2 Å². The van der Waals surface area contributed by atoms with Crippen LogP contribution >= 0.6 is 0 Å². The van der Waals surface area contributed by atoms with Gasteiger partial charge in [0.1, 0.15) is 11.6 Å². The van der Waals surface area contributed by atoms with E-state index < -0.39 is 6.04 Å². The number of carbonyl (C=O) groups is 2. The van der Waals surface area contributed by atoms with Crippen LogP contribution in [0.25, 0.3) is 10.4 Å². The van der Waals surface area contributed by atoms with E-state index in [1.54, 1.807) is 0 Å². The normalized spacial score (nSPS) is 45.3. The summed E-state index contributed by atoms with van der Waals surface area (Å²) in [4.78, 5) is 26.6. The van der Waals surface area contributed by atoms with Gasteiger partial charge >= 0.3 is 0 Å². The average molecular weight is 261 g/mol. The van der Waals surface area contributed by atoms with E-state index in [1.807, 2.05) is 0 Å². The molecule has 3 fully saturated rings. The molecule has 0 aliphatic heterocycles. The third-order valence-corrected chi connectivity index (χ3v) is 5.82. The van der Waals surface area contributed by atoms with Gasteiger partial charge in [0.05, 0.1) is 6.04 Å². The largest absolute Gasteiger partial charge is 0.300 e. The SMILES string of the molecule is C[C@]12C[C@H](N=[N+]=[N-])C(=O)C[C@@H]1CC[C@H]1CC(=O)C[C@@H]12. The van der Waals surface area contributed by atoms with Crippen molar-refractivity contribution < 1.29 is 9.59 Å². The first-order valence-corrected chi connectivity index (χ1v) is 7.13. The molecule has 3 aliphatic carbocycles. The maximum Gasteiger partial charge on any atom is 0.142 e. The summed E-state index contributed by atoms with van der Waals surface area (Å²) in [6.45, 7) is 2.21. The molecular formula is C14H19N3O2. The molecule has 0 unspecified atom stereocenters. The number of hydrogen-bond donors (Lipinski definition) is 0. The first-order chi connectivity index (χ1) is 9.04. The molecule has 5 nitrogen and oxygen atoms in total. The van der Waals surface area contributed by atoms with Crippen molar-refractivity contribution in [2.24, 2.45) is 28.3 Å². The molecule has 19 heavy (non-hydrogen) atoms. The second kappa shape index (κ2) is 4.34. The van der Waals surface area contributed by atoms with E-state index in [9.17, 15) is 9.59 Å². The fourth-order valence-electron chi connectivity index (χ4n) is 4.78. The monoisotopic (exact) mass is 261 g/mol. The topological polar surface area (TPSA) is 82.9 Å². The van der Waals surface area contributed by atoms with Gasteiger partial charge < -0.3 is 0 Å². The number of fused-ring (bicyclic) bond motifs is 3. The van der Waals surface area contributed by atoms with E-state index in [2.05, 4.69) is 16.9 Å². The molecule has 0 spiro atoms. The third-order valence-electron chi connectivity index (χ3n) is 5.82. The van der Waals surface area contributed by atoms with Crippen LogP contribution in [0.15, 0.2) is 5.11 Å². The fourth-order valence-corrected chi connectivity index (χ4v) is 4.78. The lowest BCUT2D eigenvalue weighted by molar-refractivity contribution is -0.131. The van der Waals surface area contributed by atoms with Gasteiger partial charge in [-0.3, -0.25) is 9.59 Å². The lowest BCUT2D eigenvalue weighted by Gasteiger charge is -2.52. The minimum atomic E-state index is -0.513. The Bertz CT molecular complexity index is 483. The zero-order valence-electron chi connectivity index (χ0n) is 11.2. The van der Waals surface area contributed by atoms with Crippen LogP contribution in [0.2, 0.25) is 0 Å². The Kier molecular flexibility index (Phi) is 2.90. The van der Waals surface area contributed by atoms with Gasteiger partial charge in [-0.05, 0) is 48.0 Å². The first kappa shape index (κ1) is 12.7. The van der Waals surface area contributed by atoms with Crippen molar-refractivity contribution in [1.29, 1.82) is 0 Å². The number of azide groups is 1. The Labute approximate surface area is 112 Å². The molecule has 5 heteroatoms. The highest BCUT2D eigenvalue weighted by atomic mass is 16.1. The van der Waals surface area contributed by atoms with Crippen LogP contribution in [0.3, 0.4) is 0 Å². The number of hydrogen-bond acceptors (Lipinski definition) is 3. The quantitative estimate of drug-likeness (QED) is 0.413. The standard InChI is InChI=1S/C14H19N3O2/c1-14-7-12(16-17-15)13(19)5-9(14)3-2-8-4-10(18)6-11(8)14/h8-9,11-12H,2-7H2,1H3/t8-,9-,11-,12-,14-/m0/s1. The van der Waals surface area contributed by atoms with Crippen molar-refractivity contribution in [2.45, 2.75) is 51.5 Å². The van der Waals surface area contributed by atoms with E-state index >= 15 is 0 Å².